The average Bonchev–Trinajstić information content (AvgIpc) is 2.86. The van der Waals surface area contributed by atoms with Crippen LogP contribution in [-0.2, 0) is 12.8 Å². The quantitative estimate of drug-likeness (QED) is 0.806. The molecule has 1 N–H and O–H groups in total. The lowest BCUT2D eigenvalue weighted by atomic mass is 10.0. The summed E-state index contributed by atoms with van der Waals surface area (Å²) in [5.74, 6) is 0.982. The SMILES string of the molecule is CCNC(C)(C#N)CCSc1ccc2c(c1)CCC2. The summed E-state index contributed by atoms with van der Waals surface area (Å²) in [6, 6.07) is 9.22. The third-order valence-corrected chi connectivity index (χ3v) is 4.75. The van der Waals surface area contributed by atoms with Gasteiger partial charge in [-0.2, -0.15) is 5.26 Å². The van der Waals surface area contributed by atoms with Gasteiger partial charge in [0.15, 0.2) is 0 Å². The van der Waals surface area contributed by atoms with Gasteiger partial charge in [-0.05, 0) is 62.4 Å². The van der Waals surface area contributed by atoms with E-state index < -0.39 is 5.54 Å². The molecule has 1 aliphatic carbocycles. The summed E-state index contributed by atoms with van der Waals surface area (Å²) < 4.78 is 0. The first kappa shape index (κ1) is 14.4. The van der Waals surface area contributed by atoms with E-state index in [4.69, 9.17) is 0 Å². The van der Waals surface area contributed by atoms with Crippen LogP contribution in [0.3, 0.4) is 0 Å². The number of nitriles is 1. The van der Waals surface area contributed by atoms with E-state index in [0.29, 0.717) is 0 Å². The van der Waals surface area contributed by atoms with Crippen LogP contribution in [0.25, 0.3) is 0 Å². The lowest BCUT2D eigenvalue weighted by molar-refractivity contribution is 0.450. The van der Waals surface area contributed by atoms with E-state index in [-0.39, 0.29) is 0 Å². The molecule has 1 unspecified atom stereocenters. The molecule has 0 aliphatic heterocycles. The number of fused-ring (bicyclic) bond motifs is 1. The molecule has 2 rings (SSSR count). The molecule has 0 radical (unpaired) electrons. The van der Waals surface area contributed by atoms with Crippen LogP contribution in [0.1, 0.15) is 37.8 Å². The first-order chi connectivity index (χ1) is 9.17. The van der Waals surface area contributed by atoms with Crippen LogP contribution in [0.15, 0.2) is 23.1 Å². The molecule has 3 heteroatoms. The van der Waals surface area contributed by atoms with Gasteiger partial charge in [-0.3, -0.25) is 5.32 Å². The first-order valence-corrected chi connectivity index (χ1v) is 8.06. The second kappa shape index (κ2) is 6.45. The molecular formula is C16H22N2S. The minimum absolute atomic E-state index is 0.390. The highest BCUT2D eigenvalue weighted by atomic mass is 32.2. The fourth-order valence-corrected chi connectivity index (χ4v) is 3.72. The number of nitrogens with zero attached hydrogens (tertiary/aromatic N) is 1. The van der Waals surface area contributed by atoms with Crippen LogP contribution in [0.5, 0.6) is 0 Å². The molecule has 1 aromatic rings. The van der Waals surface area contributed by atoms with Crippen molar-refractivity contribution in [2.24, 2.45) is 0 Å². The Bertz CT molecular complexity index is 478. The number of hydrogen-bond acceptors (Lipinski definition) is 3. The Labute approximate surface area is 120 Å². The van der Waals surface area contributed by atoms with Gasteiger partial charge in [0.05, 0.1) is 6.07 Å². The van der Waals surface area contributed by atoms with Crippen molar-refractivity contribution in [2.45, 2.75) is 50.0 Å². The Kier molecular flexibility index (Phi) is 4.90. The topological polar surface area (TPSA) is 35.8 Å². The van der Waals surface area contributed by atoms with Crippen molar-refractivity contribution < 1.29 is 0 Å². The van der Waals surface area contributed by atoms with Gasteiger partial charge in [0, 0.05) is 10.6 Å². The van der Waals surface area contributed by atoms with Crippen LogP contribution in [-0.4, -0.2) is 17.8 Å². The second-order valence-electron chi connectivity index (χ2n) is 5.36. The largest absolute Gasteiger partial charge is 0.300 e. The molecule has 0 spiro atoms. The Balaban J connectivity index is 1.88. The molecule has 1 aliphatic rings. The lowest BCUT2D eigenvalue weighted by Crippen LogP contribution is -2.41. The average molecular weight is 274 g/mol. The van der Waals surface area contributed by atoms with Crippen LogP contribution in [0.4, 0.5) is 0 Å². The molecule has 1 aromatic carbocycles. The number of rotatable bonds is 6. The Morgan fingerprint density at radius 3 is 2.89 bits per heavy atom. The van der Waals surface area contributed by atoms with Gasteiger partial charge in [0.2, 0.25) is 0 Å². The number of thioether (sulfide) groups is 1. The van der Waals surface area contributed by atoms with Crippen molar-refractivity contribution in [2.75, 3.05) is 12.3 Å². The Hall–Kier alpha value is -0.980. The van der Waals surface area contributed by atoms with E-state index in [1.54, 1.807) is 0 Å². The molecule has 102 valence electrons. The number of nitrogens with one attached hydrogen (secondary N) is 1. The predicted octanol–water partition coefficient (Wildman–Crippen LogP) is 3.55. The molecule has 1 atom stereocenters. The van der Waals surface area contributed by atoms with Gasteiger partial charge in [0.25, 0.3) is 0 Å². The van der Waals surface area contributed by atoms with Crippen molar-refractivity contribution in [3.63, 3.8) is 0 Å². The molecule has 19 heavy (non-hydrogen) atoms. The van der Waals surface area contributed by atoms with Crippen LogP contribution in [0.2, 0.25) is 0 Å². The van der Waals surface area contributed by atoms with Gasteiger partial charge in [-0.1, -0.05) is 13.0 Å². The molecule has 0 amide bonds. The van der Waals surface area contributed by atoms with Gasteiger partial charge in [-0.15, -0.1) is 11.8 Å². The fraction of sp³-hybridized carbons (Fsp3) is 0.562. The van der Waals surface area contributed by atoms with Crippen LogP contribution in [0, 0.1) is 11.3 Å². The maximum Gasteiger partial charge on any atom is 0.104 e. The summed E-state index contributed by atoms with van der Waals surface area (Å²) in [6.07, 6.45) is 4.65. The minimum Gasteiger partial charge on any atom is -0.300 e. The molecule has 0 saturated carbocycles. The number of aryl methyl sites for hydroxylation is 2. The highest BCUT2D eigenvalue weighted by molar-refractivity contribution is 7.99. The first-order valence-electron chi connectivity index (χ1n) is 7.08. The maximum atomic E-state index is 9.22. The summed E-state index contributed by atoms with van der Waals surface area (Å²) >= 11 is 1.86. The van der Waals surface area contributed by atoms with Gasteiger partial charge in [0.1, 0.15) is 5.54 Å². The van der Waals surface area contributed by atoms with E-state index in [2.05, 4.69) is 29.6 Å². The monoisotopic (exact) mass is 274 g/mol. The summed E-state index contributed by atoms with van der Waals surface area (Å²) in [4.78, 5) is 1.34. The van der Waals surface area contributed by atoms with E-state index in [0.717, 1.165) is 18.7 Å². The molecule has 0 heterocycles. The van der Waals surface area contributed by atoms with Gasteiger partial charge < -0.3 is 0 Å². The second-order valence-corrected chi connectivity index (χ2v) is 6.53. The van der Waals surface area contributed by atoms with E-state index in [1.165, 1.54) is 35.3 Å². The standard InChI is InChI=1S/C16H22N2S/c1-3-18-16(2,12-17)9-10-19-15-8-7-13-5-4-6-14(13)11-15/h7-8,11,18H,3-6,9-10H2,1-2H3. The summed E-state index contributed by atoms with van der Waals surface area (Å²) in [5, 5.41) is 12.5. The summed E-state index contributed by atoms with van der Waals surface area (Å²) in [7, 11) is 0. The molecule has 0 bridgehead atoms. The molecule has 0 aromatic heterocycles. The van der Waals surface area contributed by atoms with Gasteiger partial charge >= 0.3 is 0 Å². The predicted molar refractivity (Wildman–Crippen MR) is 81.5 cm³/mol. The van der Waals surface area contributed by atoms with Crippen molar-refractivity contribution in [3.05, 3.63) is 29.3 Å². The number of hydrogen-bond donors (Lipinski definition) is 1. The third-order valence-electron chi connectivity index (χ3n) is 3.75. The van der Waals surface area contributed by atoms with Crippen LogP contribution >= 0.6 is 11.8 Å². The van der Waals surface area contributed by atoms with Crippen molar-refractivity contribution in [1.29, 1.82) is 5.26 Å². The third kappa shape index (κ3) is 3.75. The molecule has 2 nitrogen and oxygen atoms in total. The van der Waals surface area contributed by atoms with E-state index >= 15 is 0 Å². The smallest absolute Gasteiger partial charge is 0.104 e. The van der Waals surface area contributed by atoms with Gasteiger partial charge in [-0.25, -0.2) is 0 Å². The zero-order chi connectivity index (χ0) is 13.7. The molecular weight excluding hydrogens is 252 g/mol. The van der Waals surface area contributed by atoms with E-state index in [1.807, 2.05) is 25.6 Å². The van der Waals surface area contributed by atoms with Crippen molar-refractivity contribution in [1.82, 2.24) is 5.32 Å². The number of benzene rings is 1. The zero-order valence-corrected chi connectivity index (χ0v) is 12.6. The highest BCUT2D eigenvalue weighted by Crippen LogP contribution is 2.28. The highest BCUT2D eigenvalue weighted by Gasteiger charge is 2.21. The lowest BCUT2D eigenvalue weighted by Gasteiger charge is -2.22. The van der Waals surface area contributed by atoms with Crippen LogP contribution < -0.4 is 5.32 Å². The Morgan fingerprint density at radius 1 is 1.37 bits per heavy atom. The molecule has 0 fully saturated rings. The molecule has 0 saturated heterocycles. The zero-order valence-electron chi connectivity index (χ0n) is 11.8. The van der Waals surface area contributed by atoms with Crippen molar-refractivity contribution in [3.8, 4) is 6.07 Å². The summed E-state index contributed by atoms with van der Waals surface area (Å²) in [6.45, 7) is 4.87. The normalized spacial score (nSPS) is 16.7. The maximum absolute atomic E-state index is 9.22. The fourth-order valence-electron chi connectivity index (χ4n) is 2.58. The van der Waals surface area contributed by atoms with Crippen molar-refractivity contribution >= 4 is 11.8 Å². The van der Waals surface area contributed by atoms with E-state index in [9.17, 15) is 5.26 Å². The Morgan fingerprint density at radius 2 is 2.16 bits per heavy atom. The minimum atomic E-state index is -0.390. The summed E-state index contributed by atoms with van der Waals surface area (Å²) in [5.41, 5.74) is 2.66.